The average Bonchev–Trinajstić information content (AvgIpc) is 2.59. The summed E-state index contributed by atoms with van der Waals surface area (Å²) < 4.78 is 5.46. The van der Waals surface area contributed by atoms with Crippen LogP contribution in [0, 0.1) is 6.92 Å². The molecule has 3 heteroatoms. The highest BCUT2D eigenvalue weighted by atomic mass is 16.5. The molecule has 0 amide bonds. The lowest BCUT2D eigenvalue weighted by Crippen LogP contribution is -2.45. The molecule has 0 saturated carbocycles. The van der Waals surface area contributed by atoms with Gasteiger partial charge in [-0.15, -0.1) is 0 Å². The minimum atomic E-state index is 0.974. The number of piperazine rings is 1. The van der Waals surface area contributed by atoms with E-state index in [1.54, 1.807) is 7.11 Å². The van der Waals surface area contributed by atoms with Crippen LogP contribution in [0.1, 0.15) is 16.7 Å². The molecule has 3 nitrogen and oxygen atoms in total. The molecule has 1 aliphatic rings. The van der Waals surface area contributed by atoms with Crippen LogP contribution in [0.15, 0.2) is 48.5 Å². The first-order chi connectivity index (χ1) is 11.3. The molecule has 0 unspecified atom stereocenters. The first-order valence-corrected chi connectivity index (χ1v) is 8.37. The van der Waals surface area contributed by atoms with Crippen molar-refractivity contribution in [3.63, 3.8) is 0 Å². The summed E-state index contributed by atoms with van der Waals surface area (Å²) in [5.74, 6) is 0.995. The van der Waals surface area contributed by atoms with E-state index in [0.717, 1.165) is 45.0 Å². The van der Waals surface area contributed by atoms with E-state index in [1.807, 2.05) is 12.1 Å². The predicted octanol–water partition coefficient (Wildman–Crippen LogP) is 3.32. The lowest BCUT2D eigenvalue weighted by Gasteiger charge is -2.35. The maximum Gasteiger partial charge on any atom is 0.123 e. The summed E-state index contributed by atoms with van der Waals surface area (Å²) in [5, 5.41) is 0. The van der Waals surface area contributed by atoms with Crippen LogP contribution in [0.25, 0.3) is 0 Å². The van der Waals surface area contributed by atoms with Crippen molar-refractivity contribution >= 4 is 0 Å². The van der Waals surface area contributed by atoms with E-state index in [0.29, 0.717) is 0 Å². The third-order valence-corrected chi connectivity index (χ3v) is 4.71. The quantitative estimate of drug-likeness (QED) is 0.842. The molecule has 2 aromatic carbocycles. The van der Waals surface area contributed by atoms with Gasteiger partial charge in [-0.05, 0) is 24.1 Å². The van der Waals surface area contributed by atoms with Gasteiger partial charge >= 0.3 is 0 Å². The van der Waals surface area contributed by atoms with Crippen LogP contribution in [0.2, 0.25) is 0 Å². The molecule has 0 bridgehead atoms. The van der Waals surface area contributed by atoms with Crippen molar-refractivity contribution in [2.45, 2.75) is 20.0 Å². The number of ether oxygens (including phenoxy) is 1. The average molecular weight is 310 g/mol. The lowest BCUT2D eigenvalue weighted by atomic mass is 10.1. The minimum absolute atomic E-state index is 0.974. The third-order valence-electron chi connectivity index (χ3n) is 4.71. The van der Waals surface area contributed by atoms with Gasteiger partial charge in [-0.1, -0.05) is 42.5 Å². The van der Waals surface area contributed by atoms with Gasteiger partial charge in [0.05, 0.1) is 7.11 Å². The lowest BCUT2D eigenvalue weighted by molar-refractivity contribution is 0.121. The first-order valence-electron chi connectivity index (χ1n) is 8.37. The fourth-order valence-corrected chi connectivity index (χ4v) is 3.21. The number of methoxy groups -OCH3 is 1. The van der Waals surface area contributed by atoms with Crippen LogP contribution >= 0.6 is 0 Å². The van der Waals surface area contributed by atoms with E-state index in [-0.39, 0.29) is 0 Å². The highest BCUT2D eigenvalue weighted by Crippen LogP contribution is 2.20. The SMILES string of the molecule is COc1ccccc1CN1CCN(Cc2ccccc2C)CC1. The number of nitrogens with zero attached hydrogens (tertiary/aromatic N) is 2. The van der Waals surface area contributed by atoms with E-state index in [4.69, 9.17) is 4.74 Å². The molecule has 0 aromatic heterocycles. The van der Waals surface area contributed by atoms with Gasteiger partial charge in [-0.2, -0.15) is 0 Å². The molecule has 1 aliphatic heterocycles. The molecule has 0 atom stereocenters. The Bertz CT molecular complexity index is 633. The Kier molecular flexibility index (Phi) is 5.31. The van der Waals surface area contributed by atoms with E-state index in [2.05, 4.69) is 53.1 Å². The fourth-order valence-electron chi connectivity index (χ4n) is 3.21. The van der Waals surface area contributed by atoms with Crippen LogP contribution in [0.3, 0.4) is 0 Å². The monoisotopic (exact) mass is 310 g/mol. The Labute approximate surface area is 139 Å². The summed E-state index contributed by atoms with van der Waals surface area (Å²) in [7, 11) is 1.75. The molecule has 1 fully saturated rings. The molecule has 0 N–H and O–H groups in total. The fraction of sp³-hybridized carbons (Fsp3) is 0.400. The molecule has 0 radical (unpaired) electrons. The van der Waals surface area contributed by atoms with Gasteiger partial charge in [0, 0.05) is 44.8 Å². The summed E-state index contributed by atoms with van der Waals surface area (Å²) in [5.41, 5.74) is 4.12. The van der Waals surface area contributed by atoms with Crippen LogP contribution in [0.4, 0.5) is 0 Å². The summed E-state index contributed by atoms with van der Waals surface area (Å²) in [4.78, 5) is 5.08. The van der Waals surface area contributed by atoms with E-state index < -0.39 is 0 Å². The van der Waals surface area contributed by atoms with Gasteiger partial charge < -0.3 is 4.74 Å². The number of hydrogen-bond donors (Lipinski definition) is 0. The summed E-state index contributed by atoms with van der Waals surface area (Å²) in [6.45, 7) is 8.73. The van der Waals surface area contributed by atoms with E-state index in [9.17, 15) is 0 Å². The van der Waals surface area contributed by atoms with Crippen molar-refractivity contribution in [3.05, 3.63) is 65.2 Å². The van der Waals surface area contributed by atoms with Gasteiger partial charge in [-0.25, -0.2) is 0 Å². The number of aryl methyl sites for hydroxylation is 1. The Hall–Kier alpha value is -1.84. The zero-order valence-corrected chi connectivity index (χ0v) is 14.2. The Morgan fingerprint density at radius 1 is 0.783 bits per heavy atom. The molecule has 1 saturated heterocycles. The maximum absolute atomic E-state index is 5.46. The largest absolute Gasteiger partial charge is 0.496 e. The minimum Gasteiger partial charge on any atom is -0.496 e. The Morgan fingerprint density at radius 3 is 1.91 bits per heavy atom. The summed E-state index contributed by atoms with van der Waals surface area (Å²) in [6.07, 6.45) is 0. The third kappa shape index (κ3) is 4.12. The maximum atomic E-state index is 5.46. The molecule has 23 heavy (non-hydrogen) atoms. The zero-order chi connectivity index (χ0) is 16.1. The Balaban J connectivity index is 1.53. The molecular weight excluding hydrogens is 284 g/mol. The van der Waals surface area contributed by atoms with Gasteiger partial charge in [-0.3, -0.25) is 9.80 Å². The van der Waals surface area contributed by atoms with Crippen LogP contribution in [0.5, 0.6) is 5.75 Å². The Morgan fingerprint density at radius 2 is 1.30 bits per heavy atom. The molecule has 1 heterocycles. The second-order valence-electron chi connectivity index (χ2n) is 6.29. The van der Waals surface area contributed by atoms with E-state index >= 15 is 0 Å². The number of rotatable bonds is 5. The second-order valence-corrected chi connectivity index (χ2v) is 6.29. The number of benzene rings is 2. The molecule has 122 valence electrons. The predicted molar refractivity (Wildman–Crippen MR) is 94.7 cm³/mol. The number of hydrogen-bond acceptors (Lipinski definition) is 3. The van der Waals surface area contributed by atoms with Crippen LogP contribution < -0.4 is 4.74 Å². The second kappa shape index (κ2) is 7.62. The van der Waals surface area contributed by atoms with Crippen LogP contribution in [-0.2, 0) is 13.1 Å². The van der Waals surface area contributed by atoms with Crippen molar-refractivity contribution in [3.8, 4) is 5.75 Å². The smallest absolute Gasteiger partial charge is 0.123 e. The van der Waals surface area contributed by atoms with Gasteiger partial charge in [0.2, 0.25) is 0 Å². The van der Waals surface area contributed by atoms with Crippen molar-refractivity contribution < 1.29 is 4.74 Å². The highest BCUT2D eigenvalue weighted by molar-refractivity contribution is 5.33. The number of para-hydroxylation sites is 1. The van der Waals surface area contributed by atoms with Crippen LogP contribution in [-0.4, -0.2) is 43.1 Å². The summed E-state index contributed by atoms with van der Waals surface area (Å²) in [6, 6.07) is 17.0. The normalized spacial score (nSPS) is 16.4. The van der Waals surface area contributed by atoms with Crippen molar-refractivity contribution in [2.75, 3.05) is 33.3 Å². The molecule has 0 aliphatic carbocycles. The van der Waals surface area contributed by atoms with Gasteiger partial charge in [0.15, 0.2) is 0 Å². The summed E-state index contributed by atoms with van der Waals surface area (Å²) >= 11 is 0. The van der Waals surface area contributed by atoms with Crippen molar-refractivity contribution in [2.24, 2.45) is 0 Å². The molecule has 0 spiro atoms. The van der Waals surface area contributed by atoms with Gasteiger partial charge in [0.1, 0.15) is 5.75 Å². The highest BCUT2D eigenvalue weighted by Gasteiger charge is 2.18. The molecular formula is C20H26N2O. The zero-order valence-electron chi connectivity index (χ0n) is 14.2. The topological polar surface area (TPSA) is 15.7 Å². The van der Waals surface area contributed by atoms with Crippen molar-refractivity contribution in [1.29, 1.82) is 0 Å². The molecule has 2 aromatic rings. The van der Waals surface area contributed by atoms with Gasteiger partial charge in [0.25, 0.3) is 0 Å². The van der Waals surface area contributed by atoms with E-state index in [1.165, 1.54) is 16.7 Å². The van der Waals surface area contributed by atoms with Crippen molar-refractivity contribution in [1.82, 2.24) is 9.80 Å². The standard InChI is InChI=1S/C20H26N2O/c1-17-7-3-4-8-18(17)15-21-11-13-22(14-12-21)16-19-9-5-6-10-20(19)23-2/h3-10H,11-16H2,1-2H3. The molecule has 3 rings (SSSR count). The first kappa shape index (κ1) is 16.0.